The fraction of sp³-hybridized carbons (Fsp3) is 0.619. The highest BCUT2D eigenvalue weighted by Crippen LogP contribution is 2.39. The van der Waals surface area contributed by atoms with E-state index in [0.717, 1.165) is 6.07 Å². The van der Waals surface area contributed by atoms with E-state index in [0.29, 0.717) is 25.2 Å². The van der Waals surface area contributed by atoms with Crippen molar-refractivity contribution in [3.05, 3.63) is 35.4 Å². The summed E-state index contributed by atoms with van der Waals surface area (Å²) in [5, 5.41) is 9.20. The summed E-state index contributed by atoms with van der Waals surface area (Å²) in [5.74, 6) is -2.21. The minimum absolute atomic E-state index is 0.0944. The monoisotopic (exact) mass is 409 g/mol. The number of hydrogen-bond acceptors (Lipinski definition) is 3. The number of amides is 2. The average molecular weight is 409 g/mol. The summed E-state index contributed by atoms with van der Waals surface area (Å²) in [5.41, 5.74) is 0.158. The second-order valence-corrected chi connectivity index (χ2v) is 9.06. The van der Waals surface area contributed by atoms with Crippen molar-refractivity contribution in [2.24, 2.45) is 5.92 Å². The molecule has 0 saturated carbocycles. The van der Waals surface area contributed by atoms with Crippen molar-refractivity contribution in [1.29, 1.82) is 0 Å². The molecule has 160 valence electrons. The van der Waals surface area contributed by atoms with Crippen LogP contribution >= 0.6 is 0 Å². The van der Waals surface area contributed by atoms with Crippen molar-refractivity contribution in [1.82, 2.24) is 14.7 Å². The summed E-state index contributed by atoms with van der Waals surface area (Å²) in [6, 6.07) is 3.28. The molecule has 3 atom stereocenters. The van der Waals surface area contributed by atoms with Gasteiger partial charge < -0.3 is 14.9 Å². The van der Waals surface area contributed by atoms with Crippen LogP contribution in [0.4, 0.5) is 13.6 Å². The van der Waals surface area contributed by atoms with Crippen molar-refractivity contribution >= 4 is 12.0 Å². The summed E-state index contributed by atoms with van der Waals surface area (Å²) >= 11 is 0. The third-order valence-electron chi connectivity index (χ3n) is 6.13. The maximum absolute atomic E-state index is 14.6. The number of hydrogen-bond donors (Lipinski definition) is 1. The van der Waals surface area contributed by atoms with Crippen LogP contribution in [0.1, 0.15) is 39.2 Å². The van der Waals surface area contributed by atoms with Gasteiger partial charge in [0.1, 0.15) is 11.6 Å². The molecular formula is C21H29F2N3O3. The van der Waals surface area contributed by atoms with Crippen molar-refractivity contribution in [2.45, 2.75) is 45.2 Å². The van der Waals surface area contributed by atoms with E-state index in [-0.39, 0.29) is 36.5 Å². The molecule has 1 aromatic carbocycles. The number of halogens is 2. The van der Waals surface area contributed by atoms with Crippen molar-refractivity contribution in [2.75, 3.05) is 32.7 Å². The van der Waals surface area contributed by atoms with Gasteiger partial charge in [-0.2, -0.15) is 0 Å². The van der Waals surface area contributed by atoms with Gasteiger partial charge in [-0.25, -0.2) is 13.6 Å². The van der Waals surface area contributed by atoms with Gasteiger partial charge in [0.05, 0.1) is 5.92 Å². The number of benzene rings is 1. The molecule has 2 heterocycles. The zero-order valence-electron chi connectivity index (χ0n) is 17.4. The van der Waals surface area contributed by atoms with E-state index in [1.54, 1.807) is 4.90 Å². The minimum atomic E-state index is -0.991. The Bertz CT molecular complexity index is 796. The largest absolute Gasteiger partial charge is 0.465 e. The molecule has 8 heteroatoms. The van der Waals surface area contributed by atoms with Crippen LogP contribution in [-0.4, -0.2) is 76.1 Å². The standard InChI is InChI=1S/C21H29F2N3O3/c1-13-10-24(20(28)29)7-8-26(13)19(27)17-12-25(21(2,3)4)11-16(17)15-6-5-14(22)9-18(15)23/h5-6,9,13,16-17H,7-8,10-12H2,1-4H3,(H,28,29)/t13-,16-,17+/m0/s1. The Morgan fingerprint density at radius 2 is 1.79 bits per heavy atom. The summed E-state index contributed by atoms with van der Waals surface area (Å²) in [6.07, 6.45) is -0.991. The highest BCUT2D eigenvalue weighted by Gasteiger charge is 2.45. The second-order valence-electron chi connectivity index (χ2n) is 9.06. The first kappa shape index (κ1) is 21.5. The van der Waals surface area contributed by atoms with Gasteiger partial charge in [-0.3, -0.25) is 9.69 Å². The highest BCUT2D eigenvalue weighted by molar-refractivity contribution is 5.81. The topological polar surface area (TPSA) is 64.1 Å². The first-order valence-corrected chi connectivity index (χ1v) is 9.97. The normalized spacial score (nSPS) is 26.1. The smallest absolute Gasteiger partial charge is 0.407 e. The number of carbonyl (C=O) groups excluding carboxylic acids is 1. The van der Waals surface area contributed by atoms with Crippen molar-refractivity contribution < 1.29 is 23.5 Å². The number of likely N-dealkylation sites (tertiary alicyclic amines) is 1. The summed E-state index contributed by atoms with van der Waals surface area (Å²) in [4.78, 5) is 29.9. The Morgan fingerprint density at radius 1 is 1.10 bits per heavy atom. The fourth-order valence-corrected chi connectivity index (χ4v) is 4.39. The molecule has 2 aliphatic rings. The molecule has 0 spiro atoms. The van der Waals surface area contributed by atoms with Gasteiger partial charge in [0, 0.05) is 56.3 Å². The zero-order chi connectivity index (χ0) is 21.5. The number of rotatable bonds is 2. The van der Waals surface area contributed by atoms with E-state index in [1.165, 1.54) is 17.0 Å². The van der Waals surface area contributed by atoms with Crippen LogP contribution < -0.4 is 0 Å². The van der Waals surface area contributed by atoms with Gasteiger partial charge in [-0.15, -0.1) is 0 Å². The minimum Gasteiger partial charge on any atom is -0.465 e. The third-order valence-corrected chi connectivity index (χ3v) is 6.13. The Balaban J connectivity index is 1.87. The number of piperazine rings is 1. The van der Waals surface area contributed by atoms with Crippen LogP contribution in [0, 0.1) is 17.6 Å². The van der Waals surface area contributed by atoms with Crippen LogP contribution in [0.5, 0.6) is 0 Å². The summed E-state index contributed by atoms with van der Waals surface area (Å²) in [6.45, 7) is 9.79. The molecule has 1 N–H and O–H groups in total. The molecule has 0 radical (unpaired) electrons. The lowest BCUT2D eigenvalue weighted by atomic mass is 9.87. The Hall–Kier alpha value is -2.22. The fourth-order valence-electron chi connectivity index (χ4n) is 4.39. The van der Waals surface area contributed by atoms with Gasteiger partial charge in [-0.1, -0.05) is 6.07 Å². The van der Waals surface area contributed by atoms with E-state index in [2.05, 4.69) is 4.90 Å². The average Bonchev–Trinajstić information content (AvgIpc) is 3.06. The molecule has 6 nitrogen and oxygen atoms in total. The predicted octanol–water partition coefficient (Wildman–Crippen LogP) is 2.99. The highest BCUT2D eigenvalue weighted by atomic mass is 19.1. The van der Waals surface area contributed by atoms with E-state index < -0.39 is 23.6 Å². The summed E-state index contributed by atoms with van der Waals surface area (Å²) < 4.78 is 28.0. The molecule has 3 rings (SSSR count). The molecule has 0 aromatic heterocycles. The van der Waals surface area contributed by atoms with Crippen LogP contribution in [0.15, 0.2) is 18.2 Å². The Kier molecular flexibility index (Phi) is 5.85. The molecule has 1 aromatic rings. The van der Waals surface area contributed by atoms with E-state index in [4.69, 9.17) is 0 Å². The molecule has 2 amide bonds. The van der Waals surface area contributed by atoms with E-state index >= 15 is 0 Å². The molecule has 2 fully saturated rings. The quantitative estimate of drug-likeness (QED) is 0.816. The Morgan fingerprint density at radius 3 is 2.34 bits per heavy atom. The van der Waals surface area contributed by atoms with Gasteiger partial charge in [-0.05, 0) is 39.3 Å². The molecule has 2 saturated heterocycles. The molecular weight excluding hydrogens is 380 g/mol. The maximum Gasteiger partial charge on any atom is 0.407 e. The third kappa shape index (κ3) is 4.37. The predicted molar refractivity (Wildman–Crippen MR) is 105 cm³/mol. The van der Waals surface area contributed by atoms with Gasteiger partial charge in [0.15, 0.2) is 0 Å². The Labute approximate surface area is 170 Å². The van der Waals surface area contributed by atoms with Crippen LogP contribution in [0.2, 0.25) is 0 Å². The number of carbonyl (C=O) groups is 2. The van der Waals surface area contributed by atoms with E-state index in [1.807, 2.05) is 27.7 Å². The maximum atomic E-state index is 14.6. The first-order chi connectivity index (χ1) is 13.5. The van der Waals surface area contributed by atoms with Gasteiger partial charge in [0.2, 0.25) is 5.91 Å². The zero-order valence-corrected chi connectivity index (χ0v) is 17.4. The SMILES string of the molecule is C[C@H]1CN(C(=O)O)CCN1C(=O)[C@@H]1CN(C(C)(C)C)C[C@H]1c1ccc(F)cc1F. The first-order valence-electron chi connectivity index (χ1n) is 9.97. The molecule has 0 bridgehead atoms. The van der Waals surface area contributed by atoms with Crippen molar-refractivity contribution in [3.8, 4) is 0 Å². The number of nitrogens with zero attached hydrogens (tertiary/aromatic N) is 3. The molecule has 29 heavy (non-hydrogen) atoms. The lowest BCUT2D eigenvalue weighted by Gasteiger charge is -2.40. The summed E-state index contributed by atoms with van der Waals surface area (Å²) in [7, 11) is 0. The molecule has 0 aliphatic carbocycles. The number of carboxylic acid groups (broad SMARTS) is 1. The van der Waals surface area contributed by atoms with Crippen LogP contribution in [-0.2, 0) is 4.79 Å². The molecule has 0 unspecified atom stereocenters. The lowest BCUT2D eigenvalue weighted by Crippen LogP contribution is -2.57. The van der Waals surface area contributed by atoms with E-state index in [9.17, 15) is 23.5 Å². The van der Waals surface area contributed by atoms with Crippen LogP contribution in [0.3, 0.4) is 0 Å². The molecule has 2 aliphatic heterocycles. The second kappa shape index (κ2) is 7.89. The van der Waals surface area contributed by atoms with Crippen LogP contribution in [0.25, 0.3) is 0 Å². The van der Waals surface area contributed by atoms with Gasteiger partial charge in [0.25, 0.3) is 0 Å². The van der Waals surface area contributed by atoms with Gasteiger partial charge >= 0.3 is 6.09 Å². The lowest BCUT2D eigenvalue weighted by molar-refractivity contribution is -0.140. The van der Waals surface area contributed by atoms with Crippen molar-refractivity contribution in [3.63, 3.8) is 0 Å².